The van der Waals surface area contributed by atoms with Gasteiger partial charge in [0.2, 0.25) is 0 Å². The molecule has 8 N–H and O–H groups in total. The van der Waals surface area contributed by atoms with Crippen LogP contribution >= 0.6 is 0 Å². The average molecular weight is 680 g/mol. The number of nitrogen functional groups attached to an aromatic ring is 1. The Kier molecular flexibility index (Phi) is 11.8. The molecule has 4 heterocycles. The van der Waals surface area contributed by atoms with Crippen LogP contribution in [0.4, 0.5) is 29.0 Å². The zero-order valence-electron chi connectivity index (χ0n) is 26.4. The fraction of sp³-hybridized carbons (Fsp3) is 0.0606. The van der Waals surface area contributed by atoms with Crippen molar-refractivity contribution in [1.82, 2.24) is 19.9 Å². The summed E-state index contributed by atoms with van der Waals surface area (Å²) in [6.45, 7) is 0. The van der Waals surface area contributed by atoms with Gasteiger partial charge < -0.3 is 42.0 Å². The summed E-state index contributed by atoms with van der Waals surface area (Å²) in [6.07, 6.45) is 0. The first-order valence-corrected chi connectivity index (χ1v) is 14.4. The third-order valence-electron chi connectivity index (χ3n) is 6.36. The number of esters is 1. The number of carbonyl (C=O) groups excluding carboxylic acids is 5. The van der Waals surface area contributed by atoms with Crippen LogP contribution in [-0.4, -0.2) is 74.0 Å². The molecule has 17 heteroatoms. The molecule has 1 aromatic carbocycles. The molecular weight excluding hydrogens is 650 g/mol. The Labute approximate surface area is 283 Å². The summed E-state index contributed by atoms with van der Waals surface area (Å²) in [4.78, 5) is 79.5. The minimum Gasteiger partial charge on any atom is -0.505 e. The summed E-state index contributed by atoms with van der Waals surface area (Å²) in [5, 5.41) is 27.5. The van der Waals surface area contributed by atoms with E-state index in [-0.39, 0.29) is 57.3 Å². The van der Waals surface area contributed by atoms with Crippen molar-refractivity contribution in [1.29, 1.82) is 0 Å². The standard InChI is InChI=1S/C32H25N9O7.CH4O/c1-48-32(47)17-7-2-8-18(27(17)42)38-28(43)20-10-4-14-24(35-20)40-30(45)22-12-6-16-26(37-22)41-31(46)21-11-5-15-25(36-21)39-29(44)19-9-3-13-23(33)34-19;1-2/h2-16,42H,1H3,(H2,33,34)(H,38,43)(H,35,40,45)(H,36,39,44)(H,37,41,46);2H,1H3. The lowest BCUT2D eigenvalue weighted by atomic mass is 10.1. The number of methoxy groups -OCH3 is 1. The number of hydrogen-bond acceptors (Lipinski definition) is 13. The maximum atomic E-state index is 13.0. The number of rotatable bonds is 9. The summed E-state index contributed by atoms with van der Waals surface area (Å²) < 4.78 is 4.62. The van der Waals surface area contributed by atoms with E-state index < -0.39 is 35.3 Å². The number of aliphatic hydroxyl groups excluding tert-OH is 1. The molecule has 0 fully saturated rings. The number of benzene rings is 1. The SMILES string of the molecule is CO.COC(=O)c1cccc(NC(=O)c2cccc(NC(=O)c3cccc(NC(=O)c4cccc(NC(=O)c5cccc(N)n5)n4)n3)n2)c1O. The van der Waals surface area contributed by atoms with Crippen molar-refractivity contribution in [3.8, 4) is 5.75 Å². The van der Waals surface area contributed by atoms with Crippen LogP contribution in [0.15, 0.2) is 91.0 Å². The molecule has 254 valence electrons. The third kappa shape index (κ3) is 8.96. The van der Waals surface area contributed by atoms with Crippen molar-refractivity contribution in [3.63, 3.8) is 0 Å². The second-order valence-electron chi connectivity index (χ2n) is 9.68. The van der Waals surface area contributed by atoms with Crippen LogP contribution in [0.3, 0.4) is 0 Å². The van der Waals surface area contributed by atoms with Gasteiger partial charge in [0.25, 0.3) is 23.6 Å². The number of anilines is 5. The molecule has 0 spiro atoms. The number of nitrogens with one attached hydrogen (secondary N) is 4. The average Bonchev–Trinajstić information content (AvgIpc) is 3.13. The molecule has 5 rings (SSSR count). The molecule has 4 amide bonds. The number of amides is 4. The van der Waals surface area contributed by atoms with Gasteiger partial charge in [-0.05, 0) is 60.7 Å². The summed E-state index contributed by atoms with van der Waals surface area (Å²) in [5.41, 5.74) is 5.26. The van der Waals surface area contributed by atoms with E-state index in [0.29, 0.717) is 0 Å². The van der Waals surface area contributed by atoms with E-state index in [9.17, 15) is 29.1 Å². The summed E-state index contributed by atoms with van der Waals surface area (Å²) in [5.74, 6) is -3.64. The van der Waals surface area contributed by atoms with Crippen LogP contribution in [0, 0.1) is 0 Å². The molecule has 17 nitrogen and oxygen atoms in total. The maximum Gasteiger partial charge on any atom is 0.341 e. The Balaban J connectivity index is 0.00000276. The quantitative estimate of drug-likeness (QED) is 0.0874. The van der Waals surface area contributed by atoms with Gasteiger partial charge in [-0.1, -0.05) is 30.3 Å². The number of nitrogens with zero attached hydrogens (tertiary/aromatic N) is 4. The van der Waals surface area contributed by atoms with Gasteiger partial charge in [-0.15, -0.1) is 0 Å². The number of nitrogens with two attached hydrogens (primary N) is 1. The molecule has 0 unspecified atom stereocenters. The van der Waals surface area contributed by atoms with Crippen LogP contribution in [-0.2, 0) is 4.74 Å². The molecule has 4 aromatic heterocycles. The van der Waals surface area contributed by atoms with Gasteiger partial charge in [0, 0.05) is 7.11 Å². The number of phenols is 1. The van der Waals surface area contributed by atoms with E-state index in [2.05, 4.69) is 45.9 Å². The molecule has 0 saturated carbocycles. The van der Waals surface area contributed by atoms with Crippen LogP contribution < -0.4 is 27.0 Å². The summed E-state index contributed by atoms with van der Waals surface area (Å²) >= 11 is 0. The highest BCUT2D eigenvalue weighted by molar-refractivity contribution is 6.07. The van der Waals surface area contributed by atoms with E-state index in [1.54, 1.807) is 6.07 Å². The van der Waals surface area contributed by atoms with Gasteiger partial charge in [0.15, 0.2) is 5.75 Å². The number of carbonyl (C=O) groups is 5. The van der Waals surface area contributed by atoms with E-state index >= 15 is 0 Å². The molecule has 0 bridgehead atoms. The van der Waals surface area contributed by atoms with E-state index in [1.165, 1.54) is 84.9 Å². The van der Waals surface area contributed by atoms with E-state index in [0.717, 1.165) is 14.2 Å². The second-order valence-corrected chi connectivity index (χ2v) is 9.68. The Hall–Kier alpha value is -7.27. The molecule has 0 atom stereocenters. The van der Waals surface area contributed by atoms with Gasteiger partial charge >= 0.3 is 5.97 Å². The van der Waals surface area contributed by atoms with E-state index in [4.69, 9.17) is 10.8 Å². The Morgan fingerprint density at radius 1 is 0.560 bits per heavy atom. The van der Waals surface area contributed by atoms with Crippen LogP contribution in [0.25, 0.3) is 0 Å². The van der Waals surface area contributed by atoms with Gasteiger partial charge in [-0.2, -0.15) is 0 Å². The van der Waals surface area contributed by atoms with Crippen LogP contribution in [0.5, 0.6) is 5.75 Å². The van der Waals surface area contributed by atoms with Gasteiger partial charge in [-0.25, -0.2) is 24.7 Å². The zero-order valence-corrected chi connectivity index (χ0v) is 26.4. The molecule has 0 aliphatic rings. The predicted octanol–water partition coefficient (Wildman–Crippen LogP) is 2.96. The first-order valence-electron chi connectivity index (χ1n) is 14.4. The highest BCUT2D eigenvalue weighted by Crippen LogP contribution is 2.28. The van der Waals surface area contributed by atoms with Crippen LogP contribution in [0.2, 0.25) is 0 Å². The Morgan fingerprint density at radius 2 is 0.940 bits per heavy atom. The number of phenolic OH excluding ortho intramolecular Hbond substituents is 1. The Morgan fingerprint density at radius 3 is 1.36 bits per heavy atom. The minimum absolute atomic E-state index is 0.00729. The first kappa shape index (κ1) is 35.6. The highest BCUT2D eigenvalue weighted by Gasteiger charge is 2.19. The lowest BCUT2D eigenvalue weighted by molar-refractivity contribution is 0.0596. The number of ether oxygens (including phenoxy) is 1. The lowest BCUT2D eigenvalue weighted by Crippen LogP contribution is -2.20. The second kappa shape index (κ2) is 16.5. The number of para-hydroxylation sites is 1. The Bertz CT molecular complexity index is 2070. The molecule has 5 aromatic rings. The van der Waals surface area contributed by atoms with Crippen molar-refractivity contribution in [2.75, 3.05) is 41.2 Å². The van der Waals surface area contributed by atoms with Crippen molar-refractivity contribution in [2.24, 2.45) is 0 Å². The third-order valence-corrected chi connectivity index (χ3v) is 6.36. The molecular formula is C33H29N9O8. The van der Waals surface area contributed by atoms with Gasteiger partial charge in [-0.3, -0.25) is 19.2 Å². The lowest BCUT2D eigenvalue weighted by Gasteiger charge is -2.11. The fourth-order valence-corrected chi connectivity index (χ4v) is 4.12. The number of aliphatic hydroxyl groups is 1. The topological polar surface area (TPSA) is 261 Å². The normalized spacial score (nSPS) is 10.1. The molecule has 0 radical (unpaired) electrons. The number of aromatic hydroxyl groups is 1. The molecule has 0 aliphatic carbocycles. The highest BCUT2D eigenvalue weighted by atomic mass is 16.5. The summed E-state index contributed by atoms with van der Waals surface area (Å²) in [7, 11) is 2.16. The van der Waals surface area contributed by atoms with Crippen molar-refractivity contribution < 1.29 is 38.9 Å². The van der Waals surface area contributed by atoms with Crippen molar-refractivity contribution in [3.05, 3.63) is 119 Å². The fourth-order valence-electron chi connectivity index (χ4n) is 4.12. The van der Waals surface area contributed by atoms with Gasteiger partial charge in [0.1, 0.15) is 51.6 Å². The molecule has 0 saturated heterocycles. The number of hydrogen-bond donors (Lipinski definition) is 7. The predicted molar refractivity (Wildman–Crippen MR) is 181 cm³/mol. The van der Waals surface area contributed by atoms with E-state index in [1.807, 2.05) is 0 Å². The molecule has 50 heavy (non-hydrogen) atoms. The van der Waals surface area contributed by atoms with Crippen molar-refractivity contribution >= 4 is 58.6 Å². The summed E-state index contributed by atoms with van der Waals surface area (Å²) in [6, 6.07) is 21.8. The largest absolute Gasteiger partial charge is 0.505 e. The smallest absolute Gasteiger partial charge is 0.341 e. The van der Waals surface area contributed by atoms with Gasteiger partial charge in [0.05, 0.1) is 12.8 Å². The zero-order chi connectivity index (χ0) is 36.2. The molecule has 0 aliphatic heterocycles. The van der Waals surface area contributed by atoms with Crippen molar-refractivity contribution in [2.45, 2.75) is 0 Å². The minimum atomic E-state index is -0.788. The number of pyridine rings is 4. The number of aromatic nitrogens is 4. The monoisotopic (exact) mass is 679 g/mol. The maximum absolute atomic E-state index is 13.0. The first-order chi connectivity index (χ1) is 24.1. The van der Waals surface area contributed by atoms with Crippen LogP contribution in [0.1, 0.15) is 52.3 Å².